The van der Waals surface area contributed by atoms with Crippen LogP contribution >= 0.6 is 23.2 Å². The van der Waals surface area contributed by atoms with Gasteiger partial charge < -0.3 is 4.74 Å². The first-order chi connectivity index (χ1) is 10.7. The molecule has 0 aliphatic heterocycles. The molecule has 0 fully saturated rings. The summed E-state index contributed by atoms with van der Waals surface area (Å²) in [4.78, 5) is 21.4. The van der Waals surface area contributed by atoms with E-state index in [4.69, 9.17) is 27.9 Å². The van der Waals surface area contributed by atoms with E-state index in [1.54, 1.807) is 20.8 Å². The van der Waals surface area contributed by atoms with Crippen molar-refractivity contribution in [1.29, 1.82) is 0 Å². The number of carbonyl (C=O) groups excluding carboxylic acids is 1. The number of ether oxygens (including phenoxy) is 1. The molecule has 0 aliphatic carbocycles. The smallest absolute Gasteiger partial charge is 0.420 e. The largest absolute Gasteiger partial charge is 0.443 e. The fraction of sp³-hybridized carbons (Fsp3) is 0.267. The molecule has 1 aromatic carbocycles. The second-order valence-corrected chi connectivity index (χ2v) is 6.35. The van der Waals surface area contributed by atoms with Crippen LogP contribution in [0.3, 0.4) is 0 Å². The number of nitrogens with zero attached hydrogens (tertiary/aromatic N) is 3. The Morgan fingerprint density at radius 1 is 1.22 bits per heavy atom. The molecule has 122 valence electrons. The molecule has 2 rings (SSSR count). The third kappa shape index (κ3) is 4.53. The summed E-state index contributed by atoms with van der Waals surface area (Å²) in [5.74, 6) is -0.391. The maximum Gasteiger partial charge on any atom is 0.420 e. The van der Waals surface area contributed by atoms with Gasteiger partial charge in [0.2, 0.25) is 5.28 Å². The number of carbonyl (C=O) groups is 1. The molecule has 0 aliphatic rings. The standard InChI is InChI=1S/C15H14Cl2FN3O2/c1-15(2,3)23-14(22)21(10-6-4-9(18)5-7-10)12-11(16)8-19-13(17)20-12/h4-8H,1-3H3/i18-1. The lowest BCUT2D eigenvalue weighted by Crippen LogP contribution is -2.34. The molecule has 1 amide bonds. The SMILES string of the molecule is CC(C)(C)OC(=O)N(c1ccc([18F])cc1)c1nc(Cl)ncc1Cl. The monoisotopic (exact) mass is 356 g/mol. The summed E-state index contributed by atoms with van der Waals surface area (Å²) in [7, 11) is 0. The van der Waals surface area contributed by atoms with Crippen molar-refractivity contribution >= 4 is 40.8 Å². The van der Waals surface area contributed by atoms with Crippen LogP contribution in [0.5, 0.6) is 0 Å². The molecule has 1 aromatic heterocycles. The summed E-state index contributed by atoms with van der Waals surface area (Å²) in [5, 5.41) is 0.0182. The van der Waals surface area contributed by atoms with Crippen molar-refractivity contribution in [3.8, 4) is 0 Å². The van der Waals surface area contributed by atoms with E-state index in [0.29, 0.717) is 5.69 Å². The zero-order valence-corrected chi connectivity index (χ0v) is 14.2. The lowest BCUT2D eigenvalue weighted by molar-refractivity contribution is 0.0598. The average Bonchev–Trinajstić information content (AvgIpc) is 2.43. The minimum Gasteiger partial charge on any atom is -0.443 e. The topological polar surface area (TPSA) is 55.3 Å². The third-order valence-electron chi connectivity index (χ3n) is 2.57. The molecule has 1 heterocycles. The van der Waals surface area contributed by atoms with Crippen molar-refractivity contribution in [3.63, 3.8) is 0 Å². The van der Waals surface area contributed by atoms with Gasteiger partial charge in [0.15, 0.2) is 5.82 Å². The van der Waals surface area contributed by atoms with Gasteiger partial charge in [-0.25, -0.2) is 19.1 Å². The highest BCUT2D eigenvalue weighted by Crippen LogP contribution is 2.32. The fourth-order valence-corrected chi connectivity index (χ4v) is 2.01. The molecule has 8 heteroatoms. The first kappa shape index (κ1) is 17.4. The van der Waals surface area contributed by atoms with Gasteiger partial charge >= 0.3 is 6.09 Å². The van der Waals surface area contributed by atoms with Crippen molar-refractivity contribution in [2.45, 2.75) is 26.4 Å². The predicted octanol–water partition coefficient (Wildman–Crippen LogP) is 5.00. The van der Waals surface area contributed by atoms with Crippen molar-refractivity contribution < 1.29 is 13.9 Å². The maximum atomic E-state index is 13.2. The van der Waals surface area contributed by atoms with Crippen LogP contribution < -0.4 is 4.90 Å². The summed E-state index contributed by atoms with van der Waals surface area (Å²) in [6, 6.07) is 5.24. The normalized spacial score (nSPS) is 11.2. The van der Waals surface area contributed by atoms with Crippen LogP contribution in [-0.2, 0) is 4.74 Å². The van der Waals surface area contributed by atoms with Gasteiger partial charge in [-0.2, -0.15) is 4.98 Å². The molecule has 0 saturated heterocycles. The minimum absolute atomic E-state index is 0.0486. The highest BCUT2D eigenvalue weighted by atomic mass is 35.5. The quantitative estimate of drug-likeness (QED) is 0.710. The molecule has 23 heavy (non-hydrogen) atoms. The molecule has 0 unspecified atom stereocenters. The van der Waals surface area contributed by atoms with Gasteiger partial charge in [0.05, 0.1) is 11.9 Å². The van der Waals surface area contributed by atoms with Gasteiger partial charge in [0, 0.05) is 0 Å². The van der Waals surface area contributed by atoms with E-state index in [-0.39, 0.29) is 16.1 Å². The van der Waals surface area contributed by atoms with Crippen molar-refractivity contribution in [2.24, 2.45) is 0 Å². The van der Waals surface area contributed by atoms with Gasteiger partial charge in [-0.15, -0.1) is 0 Å². The Kier molecular flexibility index (Phi) is 5.06. The Morgan fingerprint density at radius 2 is 1.83 bits per heavy atom. The third-order valence-corrected chi connectivity index (χ3v) is 3.02. The van der Waals surface area contributed by atoms with Crippen LogP contribution in [0.1, 0.15) is 20.8 Å². The number of aromatic nitrogens is 2. The van der Waals surface area contributed by atoms with Crippen LogP contribution in [0.2, 0.25) is 10.3 Å². The van der Waals surface area contributed by atoms with Crippen molar-refractivity contribution in [2.75, 3.05) is 4.90 Å². The fourth-order valence-electron chi connectivity index (χ4n) is 1.71. The highest BCUT2D eigenvalue weighted by Gasteiger charge is 2.28. The molecule has 0 saturated carbocycles. The molecule has 0 radical (unpaired) electrons. The summed E-state index contributed by atoms with van der Waals surface area (Å²) < 4.78 is 18.5. The van der Waals surface area contributed by atoms with Crippen LogP contribution in [-0.4, -0.2) is 21.7 Å². The average molecular weight is 357 g/mol. The Morgan fingerprint density at radius 3 is 2.39 bits per heavy atom. The molecule has 0 spiro atoms. The number of benzene rings is 1. The summed E-state index contributed by atoms with van der Waals surface area (Å²) in [6.07, 6.45) is 0.549. The number of hydrogen-bond donors (Lipinski definition) is 0. The van der Waals surface area contributed by atoms with E-state index >= 15 is 0 Å². The Bertz CT molecular complexity index is 718. The first-order valence-electron chi connectivity index (χ1n) is 6.64. The number of halogens is 3. The second-order valence-electron chi connectivity index (χ2n) is 5.60. The molecular formula is C15H14Cl2FN3O2. The van der Waals surface area contributed by atoms with Gasteiger partial charge in [0.1, 0.15) is 16.4 Å². The molecule has 0 atom stereocenters. The number of anilines is 2. The predicted molar refractivity (Wildman–Crippen MR) is 86.8 cm³/mol. The molecule has 5 nitrogen and oxygen atoms in total. The number of hydrogen-bond acceptors (Lipinski definition) is 4. The zero-order valence-electron chi connectivity index (χ0n) is 12.7. The van der Waals surface area contributed by atoms with Crippen LogP contribution in [0.15, 0.2) is 30.5 Å². The summed E-state index contributed by atoms with van der Waals surface area (Å²) >= 11 is 11.9. The zero-order chi connectivity index (χ0) is 17.2. The van der Waals surface area contributed by atoms with Crippen LogP contribution in [0.4, 0.5) is 20.7 Å². The Hall–Kier alpha value is -1.92. The summed E-state index contributed by atoms with van der Waals surface area (Å²) in [5.41, 5.74) is -0.407. The van der Waals surface area contributed by atoms with Crippen LogP contribution in [0, 0.1) is 5.82 Å². The van der Waals surface area contributed by atoms with Gasteiger partial charge in [-0.3, -0.25) is 0 Å². The second kappa shape index (κ2) is 6.68. The Labute approximate surface area is 143 Å². The maximum absolute atomic E-state index is 13.2. The van der Waals surface area contributed by atoms with Gasteiger partial charge in [0.25, 0.3) is 0 Å². The van der Waals surface area contributed by atoms with E-state index in [1.807, 2.05) is 0 Å². The molecular weight excluding hydrogens is 343 g/mol. The van der Waals surface area contributed by atoms with E-state index < -0.39 is 17.5 Å². The lowest BCUT2D eigenvalue weighted by Gasteiger charge is -2.27. The molecule has 2 aromatic rings. The van der Waals surface area contributed by atoms with E-state index in [1.165, 1.54) is 30.5 Å². The van der Waals surface area contributed by atoms with E-state index in [0.717, 1.165) is 4.90 Å². The molecule has 0 bridgehead atoms. The molecule has 0 N–H and O–H groups in total. The van der Waals surface area contributed by atoms with Crippen molar-refractivity contribution in [3.05, 3.63) is 46.6 Å². The van der Waals surface area contributed by atoms with Gasteiger partial charge in [-0.05, 0) is 56.6 Å². The minimum atomic E-state index is -0.737. The summed E-state index contributed by atoms with van der Waals surface area (Å²) in [6.45, 7) is 5.17. The number of rotatable bonds is 2. The number of amides is 1. The van der Waals surface area contributed by atoms with E-state index in [9.17, 15) is 9.18 Å². The van der Waals surface area contributed by atoms with Crippen molar-refractivity contribution in [1.82, 2.24) is 9.97 Å². The van der Waals surface area contributed by atoms with Gasteiger partial charge in [-0.1, -0.05) is 11.6 Å². The highest BCUT2D eigenvalue weighted by molar-refractivity contribution is 6.34. The Balaban J connectivity index is 2.53. The van der Waals surface area contributed by atoms with E-state index in [2.05, 4.69) is 9.97 Å². The first-order valence-corrected chi connectivity index (χ1v) is 7.40. The van der Waals surface area contributed by atoms with Crippen LogP contribution in [0.25, 0.3) is 0 Å². The lowest BCUT2D eigenvalue weighted by atomic mass is 10.2.